The van der Waals surface area contributed by atoms with Crippen LogP contribution in [0.25, 0.3) is 11.4 Å². The second-order valence-electron chi connectivity index (χ2n) is 3.88. The largest absolute Gasteiger partial charge is 0.384 e. The first kappa shape index (κ1) is 9.77. The lowest BCUT2D eigenvalue weighted by atomic mass is 10.1. The molecule has 0 unspecified atom stereocenters. The molecule has 1 aromatic carbocycles. The van der Waals surface area contributed by atoms with Gasteiger partial charge in [-0.05, 0) is 25.5 Å². The zero-order chi connectivity index (χ0) is 11.0. The zero-order valence-corrected chi connectivity index (χ0v) is 9.28. The lowest BCUT2D eigenvalue weighted by molar-refractivity contribution is 0.934. The predicted molar refractivity (Wildman–Crippen MR) is 62.5 cm³/mol. The maximum absolute atomic E-state index is 5.77. The van der Waals surface area contributed by atoms with Crippen LogP contribution < -0.4 is 5.73 Å². The van der Waals surface area contributed by atoms with E-state index in [0.717, 1.165) is 11.4 Å². The quantitative estimate of drug-likeness (QED) is 0.769. The average molecular weight is 201 g/mol. The highest BCUT2D eigenvalue weighted by Crippen LogP contribution is 2.24. The van der Waals surface area contributed by atoms with Gasteiger partial charge in [0.1, 0.15) is 11.6 Å². The molecule has 0 saturated heterocycles. The van der Waals surface area contributed by atoms with Crippen LogP contribution in [0.1, 0.15) is 11.1 Å². The van der Waals surface area contributed by atoms with Crippen LogP contribution in [0.15, 0.2) is 24.4 Å². The number of nitrogens with zero attached hydrogens (tertiary/aromatic N) is 2. The van der Waals surface area contributed by atoms with Crippen molar-refractivity contribution >= 4 is 5.82 Å². The number of nitrogens with two attached hydrogens (primary N) is 1. The Morgan fingerprint density at radius 2 is 2.00 bits per heavy atom. The van der Waals surface area contributed by atoms with E-state index in [4.69, 9.17) is 5.73 Å². The Labute approximate surface area is 89.6 Å². The van der Waals surface area contributed by atoms with Crippen molar-refractivity contribution in [2.75, 3.05) is 5.73 Å². The molecular weight excluding hydrogens is 186 g/mol. The van der Waals surface area contributed by atoms with Gasteiger partial charge in [-0.15, -0.1) is 0 Å². The first-order valence-electron chi connectivity index (χ1n) is 4.94. The third-order valence-corrected chi connectivity index (χ3v) is 2.66. The molecular formula is C12H15N3. The number of anilines is 1. The summed E-state index contributed by atoms with van der Waals surface area (Å²) in [4.78, 5) is 4.33. The number of aryl methyl sites for hydroxylation is 2. The summed E-state index contributed by atoms with van der Waals surface area (Å²) in [6.07, 6.45) is 1.69. The van der Waals surface area contributed by atoms with E-state index in [9.17, 15) is 0 Å². The van der Waals surface area contributed by atoms with Crippen molar-refractivity contribution in [1.29, 1.82) is 0 Å². The van der Waals surface area contributed by atoms with E-state index in [2.05, 4.69) is 37.0 Å². The Balaban J connectivity index is 2.63. The van der Waals surface area contributed by atoms with Crippen molar-refractivity contribution in [3.63, 3.8) is 0 Å². The molecule has 2 aromatic rings. The standard InChI is InChI=1S/C12H15N3/c1-8-4-5-9(2)10(6-8)12-14-7-11(13)15(12)3/h4-7H,13H2,1-3H3. The van der Waals surface area contributed by atoms with Gasteiger partial charge in [-0.2, -0.15) is 0 Å². The fraction of sp³-hybridized carbons (Fsp3) is 0.250. The Morgan fingerprint density at radius 1 is 1.27 bits per heavy atom. The Kier molecular flexibility index (Phi) is 2.23. The molecule has 0 radical (unpaired) electrons. The van der Waals surface area contributed by atoms with Gasteiger partial charge >= 0.3 is 0 Å². The smallest absolute Gasteiger partial charge is 0.141 e. The lowest BCUT2D eigenvalue weighted by Crippen LogP contribution is -1.99. The number of rotatable bonds is 1. The summed E-state index contributed by atoms with van der Waals surface area (Å²) < 4.78 is 1.90. The second-order valence-corrected chi connectivity index (χ2v) is 3.88. The van der Waals surface area contributed by atoms with Crippen molar-refractivity contribution in [2.24, 2.45) is 7.05 Å². The summed E-state index contributed by atoms with van der Waals surface area (Å²) in [7, 11) is 1.93. The second kappa shape index (κ2) is 3.42. The van der Waals surface area contributed by atoms with Gasteiger partial charge in [0.05, 0.1) is 6.20 Å². The molecule has 0 aliphatic carbocycles. The summed E-state index contributed by atoms with van der Waals surface area (Å²) in [5.74, 6) is 1.61. The molecule has 0 saturated carbocycles. The molecule has 15 heavy (non-hydrogen) atoms. The van der Waals surface area contributed by atoms with Gasteiger partial charge in [0, 0.05) is 12.6 Å². The number of hydrogen-bond donors (Lipinski definition) is 1. The molecule has 0 aliphatic heterocycles. The van der Waals surface area contributed by atoms with Gasteiger partial charge in [0.2, 0.25) is 0 Å². The molecule has 0 atom stereocenters. The van der Waals surface area contributed by atoms with Gasteiger partial charge < -0.3 is 10.3 Å². The summed E-state index contributed by atoms with van der Waals surface area (Å²) in [6, 6.07) is 6.35. The van der Waals surface area contributed by atoms with Crippen molar-refractivity contribution in [3.8, 4) is 11.4 Å². The van der Waals surface area contributed by atoms with Crippen LogP contribution in [0.5, 0.6) is 0 Å². The van der Waals surface area contributed by atoms with Gasteiger partial charge in [-0.1, -0.05) is 17.7 Å². The van der Waals surface area contributed by atoms with Crippen LogP contribution in [-0.4, -0.2) is 9.55 Å². The van der Waals surface area contributed by atoms with E-state index in [-0.39, 0.29) is 0 Å². The molecule has 78 valence electrons. The molecule has 0 fully saturated rings. The average Bonchev–Trinajstić information content (AvgIpc) is 2.52. The van der Waals surface area contributed by atoms with Crippen LogP contribution in [0.2, 0.25) is 0 Å². The highest BCUT2D eigenvalue weighted by Gasteiger charge is 2.08. The fourth-order valence-electron chi connectivity index (χ4n) is 1.65. The van der Waals surface area contributed by atoms with Gasteiger partial charge in [-0.3, -0.25) is 0 Å². The van der Waals surface area contributed by atoms with Crippen molar-refractivity contribution in [2.45, 2.75) is 13.8 Å². The monoisotopic (exact) mass is 201 g/mol. The molecule has 1 aromatic heterocycles. The van der Waals surface area contributed by atoms with Crippen molar-refractivity contribution in [3.05, 3.63) is 35.5 Å². The van der Waals surface area contributed by atoms with Crippen molar-refractivity contribution < 1.29 is 0 Å². The summed E-state index contributed by atoms with van der Waals surface area (Å²) in [6.45, 7) is 4.16. The third-order valence-electron chi connectivity index (χ3n) is 2.66. The van der Waals surface area contributed by atoms with E-state index in [0.29, 0.717) is 5.82 Å². The van der Waals surface area contributed by atoms with Crippen LogP contribution in [0.3, 0.4) is 0 Å². The number of imidazole rings is 1. The third kappa shape index (κ3) is 1.61. The highest BCUT2D eigenvalue weighted by molar-refractivity contribution is 5.63. The minimum atomic E-state index is 0.686. The van der Waals surface area contributed by atoms with Crippen molar-refractivity contribution in [1.82, 2.24) is 9.55 Å². The van der Waals surface area contributed by atoms with Gasteiger partial charge in [0.15, 0.2) is 0 Å². The van der Waals surface area contributed by atoms with E-state index >= 15 is 0 Å². The zero-order valence-electron chi connectivity index (χ0n) is 9.28. The molecule has 3 nitrogen and oxygen atoms in total. The molecule has 2 N–H and O–H groups in total. The maximum atomic E-state index is 5.77. The number of aromatic nitrogens is 2. The molecule has 0 bridgehead atoms. The predicted octanol–water partition coefficient (Wildman–Crippen LogP) is 2.29. The van der Waals surface area contributed by atoms with Crippen LogP contribution in [-0.2, 0) is 7.05 Å². The first-order chi connectivity index (χ1) is 7.09. The Hall–Kier alpha value is -1.77. The number of nitrogen functional groups attached to an aromatic ring is 1. The molecule has 0 amide bonds. The summed E-state index contributed by atoms with van der Waals surface area (Å²) in [5.41, 5.74) is 9.36. The van der Waals surface area contributed by atoms with E-state index in [1.54, 1.807) is 6.20 Å². The van der Waals surface area contributed by atoms with Gasteiger partial charge in [0.25, 0.3) is 0 Å². The first-order valence-corrected chi connectivity index (χ1v) is 4.94. The minimum absolute atomic E-state index is 0.686. The van der Waals surface area contributed by atoms with E-state index in [1.165, 1.54) is 11.1 Å². The Bertz CT molecular complexity index is 498. The molecule has 2 rings (SSSR count). The van der Waals surface area contributed by atoms with Crippen LogP contribution >= 0.6 is 0 Å². The maximum Gasteiger partial charge on any atom is 0.141 e. The SMILES string of the molecule is Cc1ccc(C)c(-c2ncc(N)n2C)c1. The van der Waals surface area contributed by atoms with Crippen LogP contribution in [0.4, 0.5) is 5.82 Å². The summed E-state index contributed by atoms with van der Waals surface area (Å²) >= 11 is 0. The molecule has 3 heteroatoms. The highest BCUT2D eigenvalue weighted by atomic mass is 15.1. The topological polar surface area (TPSA) is 43.8 Å². The summed E-state index contributed by atoms with van der Waals surface area (Å²) in [5, 5.41) is 0. The number of hydrogen-bond acceptors (Lipinski definition) is 2. The lowest BCUT2D eigenvalue weighted by Gasteiger charge is -2.07. The minimum Gasteiger partial charge on any atom is -0.384 e. The molecule has 1 heterocycles. The van der Waals surface area contributed by atoms with Crippen LogP contribution in [0, 0.1) is 13.8 Å². The van der Waals surface area contributed by atoms with E-state index < -0.39 is 0 Å². The molecule has 0 spiro atoms. The van der Waals surface area contributed by atoms with Gasteiger partial charge in [-0.25, -0.2) is 4.98 Å². The fourth-order valence-corrected chi connectivity index (χ4v) is 1.65. The number of benzene rings is 1. The van der Waals surface area contributed by atoms with E-state index in [1.807, 2.05) is 11.6 Å². The normalized spacial score (nSPS) is 10.6. The molecule has 0 aliphatic rings. The Morgan fingerprint density at radius 3 is 2.60 bits per heavy atom.